The van der Waals surface area contributed by atoms with Crippen LogP contribution in [0.5, 0.6) is 0 Å². The molecule has 116 valence electrons. The predicted octanol–water partition coefficient (Wildman–Crippen LogP) is 3.20. The lowest BCUT2D eigenvalue weighted by Gasteiger charge is -2.32. The molecule has 1 atom stereocenters. The molecule has 4 heteroatoms. The number of piperidine rings is 1. The molecular formula is C17H28N4. The second-order valence-electron chi connectivity index (χ2n) is 6.67. The summed E-state index contributed by atoms with van der Waals surface area (Å²) in [4.78, 5) is 11.9. The number of rotatable bonds is 5. The Morgan fingerprint density at radius 3 is 2.81 bits per heavy atom. The highest BCUT2D eigenvalue weighted by Crippen LogP contribution is 2.35. The summed E-state index contributed by atoms with van der Waals surface area (Å²) in [7, 11) is 0. The molecule has 1 aliphatic heterocycles. The van der Waals surface area contributed by atoms with Crippen LogP contribution < -0.4 is 5.32 Å². The summed E-state index contributed by atoms with van der Waals surface area (Å²) in [5.74, 6) is 2.25. The lowest BCUT2D eigenvalue weighted by molar-refractivity contribution is 0.189. The average Bonchev–Trinajstić information content (AvgIpc) is 2.43. The zero-order valence-electron chi connectivity index (χ0n) is 13.4. The summed E-state index contributed by atoms with van der Waals surface area (Å²) < 4.78 is 0. The molecule has 0 radical (unpaired) electrons. The quantitative estimate of drug-likeness (QED) is 0.903. The van der Waals surface area contributed by atoms with Crippen molar-refractivity contribution in [3.05, 3.63) is 17.5 Å². The molecule has 1 saturated carbocycles. The molecule has 4 nitrogen and oxygen atoms in total. The minimum absolute atomic E-state index is 0.678. The van der Waals surface area contributed by atoms with E-state index >= 15 is 0 Å². The van der Waals surface area contributed by atoms with Crippen molar-refractivity contribution < 1.29 is 0 Å². The molecule has 1 saturated heterocycles. The summed E-state index contributed by atoms with van der Waals surface area (Å²) in [6, 6.07) is 2.16. The number of hydrogen-bond donors (Lipinski definition) is 1. The SMILES string of the molecule is CCN1CCC[C@H](CNc2nc(C)cc(C3CCC3)n2)C1. The number of anilines is 1. The predicted molar refractivity (Wildman–Crippen MR) is 86.7 cm³/mol. The molecule has 0 amide bonds. The monoisotopic (exact) mass is 288 g/mol. The van der Waals surface area contributed by atoms with Gasteiger partial charge in [0.05, 0.1) is 0 Å². The van der Waals surface area contributed by atoms with E-state index in [4.69, 9.17) is 4.98 Å². The highest BCUT2D eigenvalue weighted by Gasteiger charge is 2.22. The standard InChI is InChI=1S/C17H28N4/c1-3-21-9-5-6-14(12-21)11-18-17-19-13(2)10-16(20-17)15-7-4-8-15/h10,14-15H,3-9,11-12H2,1-2H3,(H,18,19,20)/t14-/m1/s1. The smallest absolute Gasteiger partial charge is 0.223 e. The van der Waals surface area contributed by atoms with Crippen molar-refractivity contribution in [1.82, 2.24) is 14.9 Å². The first kappa shape index (κ1) is 14.8. The van der Waals surface area contributed by atoms with Gasteiger partial charge < -0.3 is 10.2 Å². The van der Waals surface area contributed by atoms with Gasteiger partial charge in [0.2, 0.25) is 5.95 Å². The van der Waals surface area contributed by atoms with Gasteiger partial charge in [-0.2, -0.15) is 0 Å². The maximum atomic E-state index is 4.74. The first-order valence-corrected chi connectivity index (χ1v) is 8.56. The summed E-state index contributed by atoms with van der Waals surface area (Å²) in [5, 5.41) is 3.49. The average molecular weight is 288 g/mol. The van der Waals surface area contributed by atoms with Crippen LogP contribution >= 0.6 is 0 Å². The van der Waals surface area contributed by atoms with Crippen molar-refractivity contribution >= 4 is 5.95 Å². The maximum Gasteiger partial charge on any atom is 0.223 e. The molecular weight excluding hydrogens is 260 g/mol. The summed E-state index contributed by atoms with van der Waals surface area (Å²) in [6.45, 7) is 8.98. The Morgan fingerprint density at radius 2 is 2.10 bits per heavy atom. The maximum absolute atomic E-state index is 4.74. The zero-order valence-corrected chi connectivity index (χ0v) is 13.4. The highest BCUT2D eigenvalue weighted by molar-refractivity contribution is 5.30. The van der Waals surface area contributed by atoms with E-state index in [1.807, 2.05) is 0 Å². The highest BCUT2D eigenvalue weighted by atomic mass is 15.1. The van der Waals surface area contributed by atoms with Gasteiger partial charge in [0, 0.05) is 30.4 Å². The summed E-state index contributed by atoms with van der Waals surface area (Å²) in [5.41, 5.74) is 2.34. The van der Waals surface area contributed by atoms with Crippen molar-refractivity contribution in [1.29, 1.82) is 0 Å². The van der Waals surface area contributed by atoms with E-state index in [9.17, 15) is 0 Å². The zero-order chi connectivity index (χ0) is 14.7. The van der Waals surface area contributed by atoms with Crippen molar-refractivity contribution in [2.24, 2.45) is 5.92 Å². The summed E-state index contributed by atoms with van der Waals surface area (Å²) >= 11 is 0. The van der Waals surface area contributed by atoms with E-state index in [0.29, 0.717) is 5.92 Å². The molecule has 2 aliphatic rings. The largest absolute Gasteiger partial charge is 0.354 e. The van der Waals surface area contributed by atoms with Crippen LogP contribution in [0.25, 0.3) is 0 Å². The van der Waals surface area contributed by atoms with Crippen LogP contribution in [0.2, 0.25) is 0 Å². The van der Waals surface area contributed by atoms with E-state index in [2.05, 4.69) is 35.1 Å². The molecule has 3 rings (SSSR count). The van der Waals surface area contributed by atoms with Crippen LogP contribution in [0.1, 0.15) is 56.3 Å². The number of nitrogens with zero attached hydrogens (tertiary/aromatic N) is 3. The van der Waals surface area contributed by atoms with Crippen LogP contribution in [0.3, 0.4) is 0 Å². The van der Waals surface area contributed by atoms with Gasteiger partial charge in [-0.1, -0.05) is 13.3 Å². The van der Waals surface area contributed by atoms with Gasteiger partial charge in [-0.15, -0.1) is 0 Å². The van der Waals surface area contributed by atoms with E-state index in [-0.39, 0.29) is 0 Å². The van der Waals surface area contributed by atoms with Crippen LogP contribution in [-0.2, 0) is 0 Å². The Labute approximate surface area is 128 Å². The van der Waals surface area contributed by atoms with Crippen LogP contribution in [0, 0.1) is 12.8 Å². The fourth-order valence-electron chi connectivity index (χ4n) is 3.43. The molecule has 1 aliphatic carbocycles. The Hall–Kier alpha value is -1.16. The number of aryl methyl sites for hydroxylation is 1. The fourth-order valence-corrected chi connectivity index (χ4v) is 3.43. The van der Waals surface area contributed by atoms with Gasteiger partial charge >= 0.3 is 0 Å². The topological polar surface area (TPSA) is 41.0 Å². The molecule has 21 heavy (non-hydrogen) atoms. The molecule has 0 bridgehead atoms. The third-order valence-electron chi connectivity index (χ3n) is 5.00. The van der Waals surface area contributed by atoms with Crippen molar-refractivity contribution in [2.75, 3.05) is 31.5 Å². The number of aromatic nitrogens is 2. The number of nitrogens with one attached hydrogen (secondary N) is 1. The van der Waals surface area contributed by atoms with Crippen molar-refractivity contribution in [3.8, 4) is 0 Å². The molecule has 2 fully saturated rings. The molecule has 0 spiro atoms. The first-order valence-electron chi connectivity index (χ1n) is 8.56. The van der Waals surface area contributed by atoms with E-state index in [0.717, 1.165) is 24.1 Å². The van der Waals surface area contributed by atoms with E-state index in [1.165, 1.54) is 57.4 Å². The normalized spacial score (nSPS) is 23.8. The molecule has 0 unspecified atom stereocenters. The van der Waals surface area contributed by atoms with Crippen LogP contribution in [0.4, 0.5) is 5.95 Å². The minimum atomic E-state index is 0.678. The lowest BCUT2D eigenvalue weighted by Crippen LogP contribution is -2.38. The molecule has 2 heterocycles. The Morgan fingerprint density at radius 1 is 1.24 bits per heavy atom. The Bertz CT molecular complexity index is 470. The first-order chi connectivity index (χ1) is 10.2. The van der Waals surface area contributed by atoms with Gasteiger partial charge in [0.15, 0.2) is 0 Å². The second-order valence-corrected chi connectivity index (χ2v) is 6.67. The molecule has 1 aromatic heterocycles. The van der Waals surface area contributed by atoms with Crippen LogP contribution in [0.15, 0.2) is 6.07 Å². The summed E-state index contributed by atoms with van der Waals surface area (Å²) in [6.07, 6.45) is 6.59. The van der Waals surface area contributed by atoms with Crippen molar-refractivity contribution in [2.45, 2.75) is 51.9 Å². The number of likely N-dealkylation sites (tertiary alicyclic amines) is 1. The van der Waals surface area contributed by atoms with Gasteiger partial charge in [0.1, 0.15) is 0 Å². The molecule has 1 aromatic rings. The van der Waals surface area contributed by atoms with E-state index < -0.39 is 0 Å². The van der Waals surface area contributed by atoms with Crippen molar-refractivity contribution in [3.63, 3.8) is 0 Å². The second kappa shape index (κ2) is 6.73. The van der Waals surface area contributed by atoms with E-state index in [1.54, 1.807) is 0 Å². The van der Waals surface area contributed by atoms with Crippen LogP contribution in [-0.4, -0.2) is 41.0 Å². The Kier molecular flexibility index (Phi) is 4.73. The van der Waals surface area contributed by atoms with Gasteiger partial charge in [-0.25, -0.2) is 9.97 Å². The lowest BCUT2D eigenvalue weighted by atomic mass is 9.83. The fraction of sp³-hybridized carbons (Fsp3) is 0.765. The minimum Gasteiger partial charge on any atom is -0.354 e. The third-order valence-corrected chi connectivity index (χ3v) is 5.00. The number of hydrogen-bond acceptors (Lipinski definition) is 4. The third kappa shape index (κ3) is 3.73. The van der Waals surface area contributed by atoms with Gasteiger partial charge in [0.25, 0.3) is 0 Å². The Balaban J connectivity index is 1.58. The van der Waals surface area contributed by atoms with Gasteiger partial charge in [-0.05, 0) is 57.7 Å². The molecule has 0 aromatic carbocycles. The molecule has 1 N–H and O–H groups in total. The van der Waals surface area contributed by atoms with Gasteiger partial charge in [-0.3, -0.25) is 0 Å².